The van der Waals surface area contributed by atoms with Gasteiger partial charge in [0.2, 0.25) is 11.1 Å². The predicted octanol–water partition coefficient (Wildman–Crippen LogP) is 5.01. The van der Waals surface area contributed by atoms with E-state index in [4.69, 9.17) is 14.2 Å². The quantitative estimate of drug-likeness (QED) is 0.412. The minimum Gasteiger partial charge on any atom is -0.497 e. The van der Waals surface area contributed by atoms with Crippen LogP contribution in [0.15, 0.2) is 77.8 Å². The van der Waals surface area contributed by atoms with Gasteiger partial charge in [0.25, 0.3) is 0 Å². The minimum atomic E-state index is -5.20. The number of anilines is 1. The molecule has 3 aromatic rings. The lowest BCUT2D eigenvalue weighted by atomic mass is 9.66. The van der Waals surface area contributed by atoms with Crippen molar-refractivity contribution in [1.82, 2.24) is 4.90 Å². The highest BCUT2D eigenvalue weighted by Crippen LogP contribution is 2.63. The van der Waals surface area contributed by atoms with Crippen molar-refractivity contribution >= 4 is 24.0 Å². The Balaban J connectivity index is 1.82. The smallest absolute Gasteiger partial charge is 0.419 e. The lowest BCUT2D eigenvalue weighted by Gasteiger charge is -2.52. The standard InChI is InChI=1S/C28H24F3N3O5/c1-37-20-11-9-18(10-12-20)16-33-23-14-13-21(38-2)15-22(23)27(28(29,30)31)26(24(35)39-3,19-7-5-4-6-8-19)32-17-34(27)25(33)36/h4-15,17H,16H2,1-3H3/t26-,27?/m0/s1. The molecule has 202 valence electrons. The highest BCUT2D eigenvalue weighted by atomic mass is 19.4. The first kappa shape index (κ1) is 26.1. The molecule has 3 aromatic carbocycles. The van der Waals surface area contributed by atoms with E-state index in [0.717, 1.165) is 13.4 Å². The van der Waals surface area contributed by atoms with E-state index in [2.05, 4.69) is 4.99 Å². The summed E-state index contributed by atoms with van der Waals surface area (Å²) in [7, 11) is 3.82. The summed E-state index contributed by atoms with van der Waals surface area (Å²) in [6, 6.07) is 17.1. The van der Waals surface area contributed by atoms with Gasteiger partial charge in [0.1, 0.15) is 11.5 Å². The molecule has 2 amide bonds. The number of hydrogen-bond donors (Lipinski definition) is 0. The third-order valence-corrected chi connectivity index (χ3v) is 7.16. The van der Waals surface area contributed by atoms with Gasteiger partial charge in [0.15, 0.2) is 0 Å². The van der Waals surface area contributed by atoms with Crippen LogP contribution in [-0.4, -0.2) is 50.7 Å². The van der Waals surface area contributed by atoms with E-state index in [1.165, 1.54) is 61.6 Å². The van der Waals surface area contributed by atoms with Crippen molar-refractivity contribution in [2.24, 2.45) is 4.99 Å². The molecule has 0 saturated carbocycles. The van der Waals surface area contributed by atoms with Crippen LogP contribution in [0.3, 0.4) is 0 Å². The summed E-state index contributed by atoms with van der Waals surface area (Å²) in [4.78, 5) is 33.4. The third kappa shape index (κ3) is 3.56. The van der Waals surface area contributed by atoms with Gasteiger partial charge in [0, 0.05) is 5.56 Å². The van der Waals surface area contributed by atoms with Gasteiger partial charge >= 0.3 is 18.2 Å². The van der Waals surface area contributed by atoms with Gasteiger partial charge in [0.05, 0.1) is 39.9 Å². The van der Waals surface area contributed by atoms with Crippen molar-refractivity contribution in [3.8, 4) is 11.5 Å². The van der Waals surface area contributed by atoms with Crippen LogP contribution in [0.25, 0.3) is 0 Å². The molecular formula is C28H24F3N3O5. The van der Waals surface area contributed by atoms with Crippen molar-refractivity contribution in [1.29, 1.82) is 0 Å². The zero-order valence-corrected chi connectivity index (χ0v) is 21.2. The van der Waals surface area contributed by atoms with E-state index in [0.29, 0.717) is 16.2 Å². The maximum atomic E-state index is 15.7. The number of halogens is 3. The first-order valence-electron chi connectivity index (χ1n) is 11.8. The highest BCUT2D eigenvalue weighted by Gasteiger charge is 2.80. The SMILES string of the molecule is COC(=O)[C@]1(c2ccccc2)N=CN2C(=O)N(Cc3ccc(OC)cc3)c3ccc(OC)cc3C21C(F)(F)F. The van der Waals surface area contributed by atoms with E-state index in [-0.39, 0.29) is 29.1 Å². The summed E-state index contributed by atoms with van der Waals surface area (Å²) < 4.78 is 62.6. The zero-order valence-electron chi connectivity index (χ0n) is 21.2. The largest absolute Gasteiger partial charge is 0.497 e. The number of esters is 1. The summed E-state index contributed by atoms with van der Waals surface area (Å²) in [6.45, 7) is -0.0585. The average Bonchev–Trinajstić information content (AvgIpc) is 3.34. The van der Waals surface area contributed by atoms with Crippen molar-refractivity contribution in [2.45, 2.75) is 23.8 Å². The number of alkyl halides is 3. The van der Waals surface area contributed by atoms with Gasteiger partial charge in [-0.15, -0.1) is 0 Å². The molecule has 0 saturated heterocycles. The first-order valence-corrected chi connectivity index (χ1v) is 11.8. The van der Waals surface area contributed by atoms with E-state index >= 15 is 13.2 Å². The number of fused-ring (bicyclic) bond motifs is 3. The molecule has 1 unspecified atom stereocenters. The maximum absolute atomic E-state index is 15.7. The van der Waals surface area contributed by atoms with Crippen LogP contribution < -0.4 is 14.4 Å². The molecule has 11 heteroatoms. The van der Waals surface area contributed by atoms with Crippen molar-refractivity contribution in [2.75, 3.05) is 26.2 Å². The Morgan fingerprint density at radius 3 is 2.15 bits per heavy atom. The number of rotatable bonds is 6. The summed E-state index contributed by atoms with van der Waals surface area (Å²) in [5, 5.41) is 0. The molecule has 2 atom stereocenters. The summed E-state index contributed by atoms with van der Waals surface area (Å²) in [5.74, 6) is -0.577. The van der Waals surface area contributed by atoms with Gasteiger partial charge < -0.3 is 14.2 Å². The Labute approximate surface area is 222 Å². The zero-order chi connectivity index (χ0) is 28.0. The lowest BCUT2D eigenvalue weighted by molar-refractivity contribution is -0.239. The van der Waals surface area contributed by atoms with Crippen LogP contribution >= 0.6 is 0 Å². The van der Waals surface area contributed by atoms with Crippen LogP contribution in [-0.2, 0) is 27.2 Å². The normalized spacial score (nSPS) is 21.8. The van der Waals surface area contributed by atoms with Gasteiger partial charge in [-0.3, -0.25) is 9.80 Å². The molecule has 39 heavy (non-hydrogen) atoms. The molecular weight excluding hydrogens is 515 g/mol. The summed E-state index contributed by atoms with van der Waals surface area (Å²) in [6.07, 6.45) is -4.42. The molecule has 0 bridgehead atoms. The van der Waals surface area contributed by atoms with Gasteiger partial charge in [-0.25, -0.2) is 14.6 Å². The van der Waals surface area contributed by atoms with Crippen molar-refractivity contribution in [3.63, 3.8) is 0 Å². The molecule has 0 spiro atoms. The molecule has 5 rings (SSSR count). The van der Waals surface area contributed by atoms with Crippen molar-refractivity contribution < 1.29 is 37.0 Å². The molecule has 0 fully saturated rings. The number of ether oxygens (including phenoxy) is 3. The number of carbonyl (C=O) groups excluding carboxylic acids is 2. The predicted molar refractivity (Wildman–Crippen MR) is 136 cm³/mol. The van der Waals surface area contributed by atoms with Crippen LogP contribution in [0, 0.1) is 0 Å². The second-order valence-electron chi connectivity index (χ2n) is 8.99. The average molecular weight is 540 g/mol. The number of nitrogens with zero attached hydrogens (tertiary/aromatic N) is 3. The number of hydrogen-bond acceptors (Lipinski definition) is 6. The molecule has 0 N–H and O–H groups in total. The van der Waals surface area contributed by atoms with Gasteiger partial charge in [-0.1, -0.05) is 42.5 Å². The second kappa shape index (κ2) is 9.33. The fourth-order valence-electron chi connectivity index (χ4n) is 5.41. The Bertz CT molecular complexity index is 1450. The maximum Gasteiger partial charge on any atom is 0.419 e. The van der Waals surface area contributed by atoms with Crippen LogP contribution in [0.4, 0.5) is 23.7 Å². The fraction of sp³-hybridized carbons (Fsp3) is 0.250. The Morgan fingerprint density at radius 2 is 1.56 bits per heavy atom. The molecule has 2 aliphatic heterocycles. The van der Waals surface area contributed by atoms with Crippen LogP contribution in [0.5, 0.6) is 11.5 Å². The van der Waals surface area contributed by atoms with E-state index in [9.17, 15) is 9.59 Å². The number of aliphatic imine (C=N–C) groups is 1. The van der Waals surface area contributed by atoms with Gasteiger partial charge in [-0.2, -0.15) is 13.2 Å². The van der Waals surface area contributed by atoms with E-state index < -0.39 is 29.3 Å². The number of benzene rings is 3. The topological polar surface area (TPSA) is 80.7 Å². The molecule has 0 radical (unpaired) electrons. The van der Waals surface area contributed by atoms with Crippen LogP contribution in [0.2, 0.25) is 0 Å². The van der Waals surface area contributed by atoms with E-state index in [1.54, 1.807) is 30.3 Å². The fourth-order valence-corrected chi connectivity index (χ4v) is 5.41. The molecule has 2 heterocycles. The third-order valence-electron chi connectivity index (χ3n) is 7.16. The number of amides is 2. The number of methoxy groups -OCH3 is 3. The van der Waals surface area contributed by atoms with Crippen molar-refractivity contribution in [3.05, 3.63) is 89.5 Å². The summed E-state index contributed by atoms with van der Waals surface area (Å²) in [5.41, 5.74) is -5.83. The Hall–Kier alpha value is -4.54. The van der Waals surface area contributed by atoms with E-state index in [1.807, 2.05) is 0 Å². The Morgan fingerprint density at radius 1 is 0.923 bits per heavy atom. The second-order valence-corrected chi connectivity index (χ2v) is 8.99. The molecule has 2 aliphatic rings. The Kier molecular flexibility index (Phi) is 6.24. The molecule has 0 aliphatic carbocycles. The highest BCUT2D eigenvalue weighted by molar-refractivity contribution is 6.07. The monoisotopic (exact) mass is 539 g/mol. The number of urea groups is 1. The lowest BCUT2D eigenvalue weighted by Crippen LogP contribution is -2.70. The first-order chi connectivity index (χ1) is 18.6. The molecule has 0 aromatic heterocycles. The molecule has 8 nitrogen and oxygen atoms in total. The minimum absolute atomic E-state index is 0.0418. The van der Waals surface area contributed by atoms with Gasteiger partial charge in [-0.05, 0) is 41.5 Å². The number of carbonyl (C=O) groups is 2. The summed E-state index contributed by atoms with van der Waals surface area (Å²) >= 11 is 0. The van der Waals surface area contributed by atoms with Crippen LogP contribution in [0.1, 0.15) is 16.7 Å².